The normalized spacial score (nSPS) is 23.5. The summed E-state index contributed by atoms with van der Waals surface area (Å²) < 4.78 is 37.3. The third-order valence-corrected chi connectivity index (χ3v) is 10.1. The van der Waals surface area contributed by atoms with Gasteiger partial charge in [0.15, 0.2) is 11.6 Å². The van der Waals surface area contributed by atoms with E-state index in [4.69, 9.17) is 15.5 Å². The molecule has 1 aromatic carbocycles. The number of pyridine rings is 1. The van der Waals surface area contributed by atoms with Gasteiger partial charge in [-0.1, -0.05) is 0 Å². The number of aromatic nitrogens is 3. The van der Waals surface area contributed by atoms with Gasteiger partial charge in [-0.15, -0.1) is 11.3 Å². The Morgan fingerprint density at radius 3 is 2.61 bits per heavy atom. The molecular weight excluding hydrogens is 546 g/mol. The summed E-state index contributed by atoms with van der Waals surface area (Å²) in [6.07, 6.45) is 3.73. The lowest BCUT2D eigenvalue weighted by molar-refractivity contribution is 0.0388. The van der Waals surface area contributed by atoms with Crippen LogP contribution >= 0.6 is 11.3 Å². The first kappa shape index (κ1) is 26.4. The minimum Gasteiger partial charge on any atom is -0.389 e. The number of nitrogens with two attached hydrogens (primary N) is 1. The van der Waals surface area contributed by atoms with E-state index in [-0.39, 0.29) is 50.6 Å². The summed E-state index contributed by atoms with van der Waals surface area (Å²) >= 11 is 0.961. The van der Waals surface area contributed by atoms with E-state index in [0.717, 1.165) is 55.7 Å². The molecule has 3 aliphatic rings. The van der Waals surface area contributed by atoms with E-state index in [1.807, 2.05) is 0 Å². The number of nitriles is 1. The van der Waals surface area contributed by atoms with E-state index in [1.54, 1.807) is 6.20 Å². The lowest BCUT2D eigenvalue weighted by Gasteiger charge is -2.44. The average molecular weight is 577 g/mol. The van der Waals surface area contributed by atoms with E-state index in [0.29, 0.717) is 35.0 Å². The molecule has 0 spiro atoms. The van der Waals surface area contributed by atoms with Crippen molar-refractivity contribution >= 4 is 43.3 Å². The number of piperazine rings is 1. The fraction of sp³-hybridized carbons (Fsp3) is 0.448. The van der Waals surface area contributed by atoms with Gasteiger partial charge in [0.05, 0.1) is 35.4 Å². The predicted octanol–water partition coefficient (Wildman–Crippen LogP) is 4.27. The van der Waals surface area contributed by atoms with Crippen LogP contribution in [0.3, 0.4) is 0 Å². The molecule has 212 valence electrons. The van der Waals surface area contributed by atoms with Gasteiger partial charge in [-0.25, -0.2) is 18.7 Å². The molecule has 2 N–H and O–H groups in total. The van der Waals surface area contributed by atoms with Gasteiger partial charge in [0.25, 0.3) is 0 Å². The zero-order valence-electron chi connectivity index (χ0n) is 23.1. The number of nitrogen functional groups attached to an aromatic ring is 1. The average Bonchev–Trinajstić information content (AvgIpc) is 3.71. The molecular formula is C29H30F2N8OS. The van der Waals surface area contributed by atoms with Gasteiger partial charge in [0, 0.05) is 66.8 Å². The van der Waals surface area contributed by atoms with Gasteiger partial charge in [0.1, 0.15) is 16.6 Å². The summed E-state index contributed by atoms with van der Waals surface area (Å²) in [5.41, 5.74) is 8.05. The standard InChI is InChI=1S/C29H30F2N8OS/c1-14-9-39(10-15(2)37(14)3)16-4-5-38(11-16)29-35-7-18-19-12-40-13-20(19)22(24(31)25(18)36-29)26-23-17(6-32)28(33)41-27(23)21(30)8-34-26/h7-8,14-16H,4-5,9-13,33H2,1-3H3/t14-,15-,16+/m0/s1. The number of likely N-dealkylation sites (N-methyl/N-ethyl adjacent to an activating group) is 1. The number of hydrogen-bond acceptors (Lipinski definition) is 10. The molecule has 12 heteroatoms. The molecule has 7 rings (SSSR count). The minimum absolute atomic E-state index is 0.0955. The van der Waals surface area contributed by atoms with Crippen molar-refractivity contribution in [2.24, 2.45) is 0 Å². The van der Waals surface area contributed by atoms with Crippen molar-refractivity contribution in [2.75, 3.05) is 43.9 Å². The van der Waals surface area contributed by atoms with Crippen molar-refractivity contribution in [3.63, 3.8) is 0 Å². The molecule has 0 radical (unpaired) electrons. The maximum atomic E-state index is 16.6. The number of hydrogen-bond donors (Lipinski definition) is 1. The molecule has 0 amide bonds. The summed E-state index contributed by atoms with van der Waals surface area (Å²) in [6.45, 7) is 8.55. The van der Waals surface area contributed by atoms with Gasteiger partial charge in [0.2, 0.25) is 5.95 Å². The zero-order chi connectivity index (χ0) is 28.6. The van der Waals surface area contributed by atoms with Crippen molar-refractivity contribution in [1.29, 1.82) is 5.26 Å². The smallest absolute Gasteiger partial charge is 0.226 e. The third kappa shape index (κ3) is 4.06. The zero-order valence-corrected chi connectivity index (χ0v) is 23.9. The van der Waals surface area contributed by atoms with Gasteiger partial charge in [-0.3, -0.25) is 14.8 Å². The van der Waals surface area contributed by atoms with Crippen molar-refractivity contribution in [2.45, 2.75) is 51.6 Å². The molecule has 0 unspecified atom stereocenters. The maximum absolute atomic E-state index is 16.6. The molecule has 2 saturated heterocycles. The number of rotatable bonds is 3. The van der Waals surface area contributed by atoms with Crippen LogP contribution in [0.4, 0.5) is 19.7 Å². The Morgan fingerprint density at radius 1 is 1.10 bits per heavy atom. The number of halogens is 2. The number of thiophene rings is 1. The van der Waals surface area contributed by atoms with Gasteiger partial charge in [-0.05, 0) is 38.4 Å². The lowest BCUT2D eigenvalue weighted by Crippen LogP contribution is -2.57. The molecule has 4 aromatic rings. The van der Waals surface area contributed by atoms with Crippen molar-refractivity contribution in [1.82, 2.24) is 24.8 Å². The van der Waals surface area contributed by atoms with Crippen LogP contribution in [0.15, 0.2) is 12.4 Å². The Hall–Kier alpha value is -3.50. The summed E-state index contributed by atoms with van der Waals surface area (Å²) in [5, 5.41) is 10.8. The summed E-state index contributed by atoms with van der Waals surface area (Å²) in [6, 6.07) is 3.39. The fourth-order valence-electron chi connectivity index (χ4n) is 6.66. The Kier molecular flexibility index (Phi) is 6.31. The number of nitrogens with zero attached hydrogens (tertiary/aromatic N) is 7. The van der Waals surface area contributed by atoms with Crippen LogP contribution in [0.25, 0.3) is 32.2 Å². The Bertz CT molecular complexity index is 1740. The summed E-state index contributed by atoms with van der Waals surface area (Å²) in [7, 11) is 2.18. The highest BCUT2D eigenvalue weighted by atomic mass is 32.1. The SMILES string of the molecule is C[C@H]1CN([C@@H]2CCN(c3ncc4c5c(c(-c6ncc(F)c7sc(N)c(C#N)c67)c(F)c4n3)COC5)C2)C[C@H](C)N1C. The molecule has 0 bridgehead atoms. The van der Waals surface area contributed by atoms with E-state index < -0.39 is 11.6 Å². The second-order valence-electron chi connectivity index (χ2n) is 11.4. The number of benzene rings is 1. The predicted molar refractivity (Wildman–Crippen MR) is 155 cm³/mol. The molecule has 9 nitrogen and oxygen atoms in total. The van der Waals surface area contributed by atoms with Crippen LogP contribution in [0.2, 0.25) is 0 Å². The Labute approximate surface area is 240 Å². The molecule has 0 aliphatic carbocycles. The number of ether oxygens (including phenoxy) is 1. The second-order valence-corrected chi connectivity index (χ2v) is 12.4. The molecule has 2 fully saturated rings. The monoisotopic (exact) mass is 576 g/mol. The van der Waals surface area contributed by atoms with Crippen LogP contribution in [-0.2, 0) is 18.0 Å². The molecule has 3 aromatic heterocycles. The molecule has 0 saturated carbocycles. The molecule has 3 atom stereocenters. The number of fused-ring (bicyclic) bond motifs is 4. The highest BCUT2D eigenvalue weighted by molar-refractivity contribution is 7.23. The fourth-order valence-corrected chi connectivity index (χ4v) is 7.58. The van der Waals surface area contributed by atoms with Gasteiger partial charge < -0.3 is 15.4 Å². The van der Waals surface area contributed by atoms with Gasteiger partial charge in [-0.2, -0.15) is 5.26 Å². The number of anilines is 2. The molecule has 6 heterocycles. The first-order chi connectivity index (χ1) is 19.8. The minimum atomic E-state index is -0.603. The van der Waals surface area contributed by atoms with E-state index in [9.17, 15) is 9.65 Å². The second kappa shape index (κ2) is 9.80. The van der Waals surface area contributed by atoms with Gasteiger partial charge >= 0.3 is 0 Å². The van der Waals surface area contributed by atoms with E-state index in [2.05, 4.69) is 51.6 Å². The maximum Gasteiger partial charge on any atom is 0.226 e. The van der Waals surface area contributed by atoms with Crippen LogP contribution in [0.1, 0.15) is 37.0 Å². The van der Waals surface area contributed by atoms with E-state index in [1.165, 1.54) is 0 Å². The third-order valence-electron chi connectivity index (χ3n) is 9.08. The summed E-state index contributed by atoms with van der Waals surface area (Å²) in [4.78, 5) is 20.8. The highest BCUT2D eigenvalue weighted by Crippen LogP contribution is 2.45. The van der Waals surface area contributed by atoms with Crippen LogP contribution in [0, 0.1) is 23.0 Å². The Balaban J connectivity index is 1.31. The van der Waals surface area contributed by atoms with E-state index >= 15 is 4.39 Å². The topological polar surface area (TPSA) is 107 Å². The summed E-state index contributed by atoms with van der Waals surface area (Å²) in [5.74, 6) is -0.707. The molecule has 41 heavy (non-hydrogen) atoms. The van der Waals surface area contributed by atoms with Crippen molar-refractivity contribution < 1.29 is 13.5 Å². The first-order valence-electron chi connectivity index (χ1n) is 13.8. The Morgan fingerprint density at radius 2 is 1.85 bits per heavy atom. The van der Waals surface area contributed by atoms with Crippen LogP contribution in [0.5, 0.6) is 0 Å². The first-order valence-corrected chi connectivity index (χ1v) is 14.6. The van der Waals surface area contributed by atoms with Crippen molar-refractivity contribution in [3.05, 3.63) is 40.7 Å². The molecule has 3 aliphatic heterocycles. The van der Waals surface area contributed by atoms with Crippen LogP contribution < -0.4 is 10.6 Å². The largest absolute Gasteiger partial charge is 0.389 e. The highest BCUT2D eigenvalue weighted by Gasteiger charge is 2.36. The quantitative estimate of drug-likeness (QED) is 0.383. The lowest BCUT2D eigenvalue weighted by atomic mass is 9.94. The van der Waals surface area contributed by atoms with Crippen molar-refractivity contribution in [3.8, 4) is 17.3 Å². The van der Waals surface area contributed by atoms with Crippen LogP contribution in [-0.4, -0.2) is 76.1 Å².